The monoisotopic (exact) mass is 479 g/mol. The van der Waals surface area contributed by atoms with Crippen LogP contribution in [0.25, 0.3) is 22.9 Å². The molecule has 1 heteroatoms. The second-order valence-corrected chi connectivity index (χ2v) is 10.3. The number of hydrogen-bond donors (Lipinski definition) is 0. The average Bonchev–Trinajstić information content (AvgIpc) is 2.94. The molecule has 0 atom stereocenters. The third-order valence-electron chi connectivity index (χ3n) is 7.61. The van der Waals surface area contributed by atoms with Crippen molar-refractivity contribution in [1.82, 2.24) is 0 Å². The van der Waals surface area contributed by atoms with Crippen molar-refractivity contribution in [2.45, 2.75) is 39.5 Å². The maximum Gasteiger partial charge on any atom is 0.0490 e. The van der Waals surface area contributed by atoms with Crippen LogP contribution in [-0.4, -0.2) is 0 Å². The molecule has 0 unspecified atom stereocenters. The molecule has 1 nitrogen and oxygen atoms in total. The number of rotatable bonds is 5. The number of anilines is 3. The fraction of sp³-hybridized carbons (Fsp3) is 0.167. The Morgan fingerprint density at radius 1 is 0.622 bits per heavy atom. The van der Waals surface area contributed by atoms with Gasteiger partial charge in [0, 0.05) is 17.1 Å². The molecule has 0 aromatic heterocycles. The molecule has 5 aromatic carbocycles. The van der Waals surface area contributed by atoms with Crippen LogP contribution in [0, 0.1) is 13.8 Å². The number of nitrogens with zero attached hydrogens (tertiary/aromatic N) is 1. The molecule has 0 amide bonds. The van der Waals surface area contributed by atoms with Gasteiger partial charge in [-0.25, -0.2) is 0 Å². The standard InChI is InChI=1S/C36H33N/c1-26-14-23-36(27(2)24-26)37(34-22-19-29-8-3-4-10-32(29)25-34)33-20-16-28(17-21-33)15-18-31-12-7-11-30-9-5-6-13-35(30)31/h5-7,9,11-25H,3-4,8,10H2,1-2H3. The summed E-state index contributed by atoms with van der Waals surface area (Å²) >= 11 is 0. The van der Waals surface area contributed by atoms with Crippen LogP contribution >= 0.6 is 0 Å². The first-order chi connectivity index (χ1) is 18.2. The van der Waals surface area contributed by atoms with Crippen molar-refractivity contribution >= 4 is 40.0 Å². The molecule has 0 bridgehead atoms. The highest BCUT2D eigenvalue weighted by Crippen LogP contribution is 2.38. The van der Waals surface area contributed by atoms with Crippen molar-refractivity contribution in [2.24, 2.45) is 0 Å². The average molecular weight is 480 g/mol. The molecule has 6 rings (SSSR count). The molecule has 0 radical (unpaired) electrons. The summed E-state index contributed by atoms with van der Waals surface area (Å²) in [6.07, 6.45) is 9.42. The lowest BCUT2D eigenvalue weighted by Gasteiger charge is -2.29. The van der Waals surface area contributed by atoms with Crippen LogP contribution in [0.3, 0.4) is 0 Å². The van der Waals surface area contributed by atoms with Gasteiger partial charge in [-0.05, 0) is 108 Å². The summed E-state index contributed by atoms with van der Waals surface area (Å²) in [5, 5.41) is 2.56. The summed E-state index contributed by atoms with van der Waals surface area (Å²) in [7, 11) is 0. The van der Waals surface area contributed by atoms with Crippen molar-refractivity contribution < 1.29 is 0 Å². The number of fused-ring (bicyclic) bond motifs is 2. The number of aryl methyl sites for hydroxylation is 4. The number of hydrogen-bond acceptors (Lipinski definition) is 1. The van der Waals surface area contributed by atoms with Crippen LogP contribution in [0.15, 0.2) is 103 Å². The van der Waals surface area contributed by atoms with Crippen molar-refractivity contribution in [2.75, 3.05) is 4.90 Å². The Labute approximate surface area is 220 Å². The quantitative estimate of drug-likeness (QED) is 0.227. The molecule has 0 saturated heterocycles. The lowest BCUT2D eigenvalue weighted by molar-refractivity contribution is 0.685. The van der Waals surface area contributed by atoms with E-state index in [0.717, 1.165) is 0 Å². The predicted octanol–water partition coefficient (Wildman–Crippen LogP) is 9.98. The van der Waals surface area contributed by atoms with Crippen molar-refractivity contribution in [3.63, 3.8) is 0 Å². The Hall–Kier alpha value is -4.10. The lowest BCUT2D eigenvalue weighted by Crippen LogP contribution is -2.13. The normalized spacial score (nSPS) is 13.1. The van der Waals surface area contributed by atoms with Crippen molar-refractivity contribution in [3.05, 3.63) is 137 Å². The van der Waals surface area contributed by atoms with E-state index in [2.05, 4.69) is 134 Å². The second kappa shape index (κ2) is 10.1. The molecule has 0 heterocycles. The van der Waals surface area contributed by atoms with Crippen LogP contribution in [0.4, 0.5) is 17.1 Å². The highest BCUT2D eigenvalue weighted by Gasteiger charge is 2.17. The Morgan fingerprint density at radius 3 is 2.22 bits per heavy atom. The van der Waals surface area contributed by atoms with Gasteiger partial charge in [-0.15, -0.1) is 0 Å². The van der Waals surface area contributed by atoms with E-state index in [0.29, 0.717) is 0 Å². The van der Waals surface area contributed by atoms with Gasteiger partial charge in [0.15, 0.2) is 0 Å². The largest absolute Gasteiger partial charge is 0.310 e. The SMILES string of the molecule is Cc1ccc(N(c2ccc(C=Cc3cccc4ccccc34)cc2)c2ccc3c(c2)CCCC3)c(C)c1. The maximum atomic E-state index is 2.42. The molecule has 1 aliphatic carbocycles. The molecule has 1 aliphatic rings. The van der Waals surface area contributed by atoms with Gasteiger partial charge in [0.1, 0.15) is 0 Å². The van der Waals surface area contributed by atoms with E-state index in [4.69, 9.17) is 0 Å². The third-order valence-corrected chi connectivity index (χ3v) is 7.61. The van der Waals surface area contributed by atoms with E-state index >= 15 is 0 Å². The zero-order valence-electron chi connectivity index (χ0n) is 21.7. The summed E-state index contributed by atoms with van der Waals surface area (Å²) < 4.78 is 0. The van der Waals surface area contributed by atoms with Gasteiger partial charge >= 0.3 is 0 Å². The smallest absolute Gasteiger partial charge is 0.0490 e. The Balaban J connectivity index is 1.36. The summed E-state index contributed by atoms with van der Waals surface area (Å²) in [6, 6.07) is 37.8. The summed E-state index contributed by atoms with van der Waals surface area (Å²) in [5.74, 6) is 0. The minimum Gasteiger partial charge on any atom is -0.310 e. The zero-order valence-corrected chi connectivity index (χ0v) is 21.7. The van der Waals surface area contributed by atoms with Crippen LogP contribution in [0.1, 0.15) is 46.2 Å². The maximum absolute atomic E-state index is 2.42. The van der Waals surface area contributed by atoms with Gasteiger partial charge < -0.3 is 4.90 Å². The van der Waals surface area contributed by atoms with E-state index < -0.39 is 0 Å². The topological polar surface area (TPSA) is 3.24 Å². The molecule has 37 heavy (non-hydrogen) atoms. The zero-order chi connectivity index (χ0) is 25.2. The van der Waals surface area contributed by atoms with Crippen LogP contribution < -0.4 is 4.90 Å². The van der Waals surface area contributed by atoms with Crippen LogP contribution in [-0.2, 0) is 12.8 Å². The molecule has 0 N–H and O–H groups in total. The fourth-order valence-corrected chi connectivity index (χ4v) is 5.66. The summed E-state index contributed by atoms with van der Waals surface area (Å²) in [4.78, 5) is 2.42. The van der Waals surface area contributed by atoms with Gasteiger partial charge in [0.2, 0.25) is 0 Å². The summed E-state index contributed by atoms with van der Waals surface area (Å²) in [5.41, 5.74) is 11.7. The van der Waals surface area contributed by atoms with E-state index in [9.17, 15) is 0 Å². The highest BCUT2D eigenvalue weighted by atomic mass is 15.1. The lowest BCUT2D eigenvalue weighted by atomic mass is 9.91. The molecule has 0 fully saturated rings. The van der Waals surface area contributed by atoms with E-state index in [1.807, 2.05) is 0 Å². The minimum atomic E-state index is 1.18. The van der Waals surface area contributed by atoms with Gasteiger partial charge in [0.05, 0.1) is 0 Å². The van der Waals surface area contributed by atoms with E-state index in [1.54, 1.807) is 0 Å². The van der Waals surface area contributed by atoms with E-state index in [-0.39, 0.29) is 0 Å². The molecular formula is C36H33N. The Kier molecular flexibility index (Phi) is 6.37. The Bertz CT molecular complexity index is 1580. The van der Waals surface area contributed by atoms with Gasteiger partial charge in [0.25, 0.3) is 0 Å². The summed E-state index contributed by atoms with van der Waals surface area (Å²) in [6.45, 7) is 4.38. The Morgan fingerprint density at radius 2 is 1.38 bits per heavy atom. The number of benzene rings is 5. The first kappa shape index (κ1) is 23.3. The van der Waals surface area contributed by atoms with Crippen LogP contribution in [0.5, 0.6) is 0 Å². The molecule has 182 valence electrons. The molecule has 0 saturated carbocycles. The molecule has 5 aromatic rings. The van der Waals surface area contributed by atoms with Crippen molar-refractivity contribution in [1.29, 1.82) is 0 Å². The predicted molar refractivity (Wildman–Crippen MR) is 160 cm³/mol. The molecule has 0 spiro atoms. The highest BCUT2D eigenvalue weighted by molar-refractivity contribution is 5.93. The fourth-order valence-electron chi connectivity index (χ4n) is 5.66. The second-order valence-electron chi connectivity index (χ2n) is 10.3. The molecule has 0 aliphatic heterocycles. The first-order valence-electron chi connectivity index (χ1n) is 13.4. The third kappa shape index (κ3) is 4.82. The first-order valence-corrected chi connectivity index (χ1v) is 13.4. The van der Waals surface area contributed by atoms with Gasteiger partial charge in [-0.1, -0.05) is 90.5 Å². The van der Waals surface area contributed by atoms with Gasteiger partial charge in [-0.2, -0.15) is 0 Å². The van der Waals surface area contributed by atoms with E-state index in [1.165, 1.54) is 86.9 Å². The minimum absolute atomic E-state index is 1.18. The van der Waals surface area contributed by atoms with Gasteiger partial charge in [-0.3, -0.25) is 0 Å². The van der Waals surface area contributed by atoms with Crippen molar-refractivity contribution in [3.8, 4) is 0 Å². The molecular weight excluding hydrogens is 446 g/mol. The van der Waals surface area contributed by atoms with Crippen LogP contribution in [0.2, 0.25) is 0 Å².